The summed E-state index contributed by atoms with van der Waals surface area (Å²) in [6.45, 7) is -0.0349. The third-order valence-corrected chi connectivity index (χ3v) is 6.41. The molecule has 3 aromatic carbocycles. The molecule has 1 atom stereocenters. The summed E-state index contributed by atoms with van der Waals surface area (Å²) in [5.74, 6) is -1.51. The fourth-order valence-corrected chi connectivity index (χ4v) is 4.70. The molecule has 11 heteroatoms. The van der Waals surface area contributed by atoms with Gasteiger partial charge in [-0.15, -0.1) is 0 Å². The number of nitrogens with zero attached hydrogens (tertiary/aromatic N) is 2. The molecule has 1 aromatic heterocycles. The zero-order valence-corrected chi connectivity index (χ0v) is 21.3. The molecule has 4 aromatic rings. The van der Waals surface area contributed by atoms with Gasteiger partial charge in [0.2, 0.25) is 0 Å². The van der Waals surface area contributed by atoms with Crippen molar-refractivity contribution in [3.8, 4) is 11.1 Å². The molecule has 0 radical (unpaired) electrons. The number of aliphatic carboxylic acids is 1. The minimum Gasteiger partial charge on any atom is -0.481 e. The lowest BCUT2D eigenvalue weighted by molar-refractivity contribution is -0.137. The van der Waals surface area contributed by atoms with Gasteiger partial charge in [-0.3, -0.25) is 14.3 Å². The second kappa shape index (κ2) is 11.4. The van der Waals surface area contributed by atoms with Crippen LogP contribution in [0, 0.1) is 0 Å². The first-order chi connectivity index (χ1) is 18.0. The minimum absolute atomic E-state index is 0.0349. The third kappa shape index (κ3) is 6.85. The summed E-state index contributed by atoms with van der Waals surface area (Å²) in [7, 11) is 0. The monoisotopic (exact) mass is 563 g/mol. The van der Waals surface area contributed by atoms with E-state index in [-0.39, 0.29) is 24.9 Å². The number of nitrogens with one attached hydrogen (secondary N) is 1. The van der Waals surface area contributed by atoms with Crippen LogP contribution in [-0.4, -0.2) is 39.5 Å². The van der Waals surface area contributed by atoms with E-state index < -0.39 is 30.5 Å². The molecule has 4 rings (SSSR count). The first-order valence-corrected chi connectivity index (χ1v) is 12.4. The number of carboxylic acids is 1. The van der Waals surface area contributed by atoms with E-state index in [0.29, 0.717) is 21.1 Å². The molecule has 0 spiro atoms. The minimum atomic E-state index is -4.36. The Morgan fingerprint density at radius 2 is 1.66 bits per heavy atom. The Labute approximate surface area is 226 Å². The summed E-state index contributed by atoms with van der Waals surface area (Å²) in [6, 6.07) is 16.1. The topological polar surface area (TPSA) is 84.2 Å². The van der Waals surface area contributed by atoms with Crippen LogP contribution in [0.5, 0.6) is 0 Å². The molecule has 0 saturated heterocycles. The fraction of sp³-hybridized carbons (Fsp3) is 0.222. The summed E-state index contributed by atoms with van der Waals surface area (Å²) in [6.07, 6.45) is -4.26. The number of halogens is 5. The van der Waals surface area contributed by atoms with E-state index >= 15 is 0 Å². The van der Waals surface area contributed by atoms with Gasteiger partial charge in [-0.2, -0.15) is 18.3 Å². The third-order valence-electron chi connectivity index (χ3n) is 5.97. The highest BCUT2D eigenvalue weighted by Gasteiger charge is 2.30. The van der Waals surface area contributed by atoms with E-state index in [1.54, 1.807) is 47.3 Å². The maximum atomic E-state index is 13.2. The van der Waals surface area contributed by atoms with Crippen molar-refractivity contribution < 1.29 is 27.9 Å². The normalized spacial score (nSPS) is 12.4. The van der Waals surface area contributed by atoms with Crippen LogP contribution in [0.3, 0.4) is 0 Å². The van der Waals surface area contributed by atoms with Crippen molar-refractivity contribution in [2.45, 2.75) is 31.5 Å². The average Bonchev–Trinajstić information content (AvgIpc) is 3.26. The first kappa shape index (κ1) is 27.5. The maximum Gasteiger partial charge on any atom is 0.389 e. The average molecular weight is 564 g/mol. The Hall–Kier alpha value is -3.56. The molecular weight excluding hydrogens is 542 g/mol. The molecular formula is C27H22Cl2F3N3O3. The molecule has 0 saturated carbocycles. The van der Waals surface area contributed by atoms with Crippen LogP contribution in [0.2, 0.25) is 10.0 Å². The summed E-state index contributed by atoms with van der Waals surface area (Å²) in [5, 5.41) is 17.3. The van der Waals surface area contributed by atoms with Crippen molar-refractivity contribution in [3.05, 3.63) is 88.0 Å². The standard InChI is InChI=1S/C27H22Cl2F3N3O3/c28-21-12-19(13-22(29)14-21)18-5-6-23-20(11-18)15-34-35(23)24(7-9-27(30,31)32)16-1-3-17(4-2-16)26(38)33-10-8-25(36)37/h1-6,11-15,24H,7-10H2,(H,33,38)(H,36,37). The lowest BCUT2D eigenvalue weighted by atomic mass is 9.99. The van der Waals surface area contributed by atoms with Crippen LogP contribution in [0.4, 0.5) is 13.2 Å². The van der Waals surface area contributed by atoms with Gasteiger partial charge in [-0.05, 0) is 65.6 Å². The molecule has 38 heavy (non-hydrogen) atoms. The van der Waals surface area contributed by atoms with Crippen molar-refractivity contribution in [2.75, 3.05) is 6.54 Å². The molecule has 198 valence electrons. The van der Waals surface area contributed by atoms with Gasteiger partial charge < -0.3 is 10.4 Å². The van der Waals surface area contributed by atoms with E-state index in [0.717, 1.165) is 16.5 Å². The van der Waals surface area contributed by atoms with Gasteiger partial charge in [0.25, 0.3) is 5.91 Å². The molecule has 0 bridgehead atoms. The first-order valence-electron chi connectivity index (χ1n) is 11.6. The number of fused-ring (bicyclic) bond motifs is 1. The quantitative estimate of drug-likeness (QED) is 0.226. The molecule has 1 unspecified atom stereocenters. The fourth-order valence-electron chi connectivity index (χ4n) is 4.17. The van der Waals surface area contributed by atoms with Gasteiger partial charge in [-0.1, -0.05) is 41.4 Å². The number of carboxylic acid groups (broad SMARTS) is 1. The molecule has 0 aliphatic rings. The molecule has 6 nitrogen and oxygen atoms in total. The predicted molar refractivity (Wildman–Crippen MR) is 140 cm³/mol. The highest BCUT2D eigenvalue weighted by Crippen LogP contribution is 2.34. The van der Waals surface area contributed by atoms with Gasteiger partial charge in [0.15, 0.2) is 0 Å². The Morgan fingerprint density at radius 1 is 0.974 bits per heavy atom. The van der Waals surface area contributed by atoms with Crippen molar-refractivity contribution in [3.63, 3.8) is 0 Å². The molecule has 0 aliphatic carbocycles. The van der Waals surface area contributed by atoms with E-state index in [4.69, 9.17) is 28.3 Å². The zero-order chi connectivity index (χ0) is 27.4. The lowest BCUT2D eigenvalue weighted by Gasteiger charge is -2.20. The lowest BCUT2D eigenvalue weighted by Crippen LogP contribution is -2.26. The number of alkyl halides is 3. The van der Waals surface area contributed by atoms with E-state index in [9.17, 15) is 22.8 Å². The number of aromatic nitrogens is 2. The second-order valence-corrected chi connectivity index (χ2v) is 9.59. The van der Waals surface area contributed by atoms with Crippen LogP contribution in [-0.2, 0) is 4.79 Å². The summed E-state index contributed by atoms with van der Waals surface area (Å²) in [4.78, 5) is 22.9. The molecule has 2 N–H and O–H groups in total. The van der Waals surface area contributed by atoms with Crippen LogP contribution in [0.15, 0.2) is 66.9 Å². The van der Waals surface area contributed by atoms with Gasteiger partial charge >= 0.3 is 12.1 Å². The number of benzene rings is 3. The molecule has 1 heterocycles. The summed E-state index contributed by atoms with van der Waals surface area (Å²) in [5.41, 5.74) is 3.08. The summed E-state index contributed by atoms with van der Waals surface area (Å²) < 4.78 is 41.1. The van der Waals surface area contributed by atoms with Crippen LogP contribution in [0.1, 0.15) is 41.2 Å². The molecule has 0 aliphatic heterocycles. The van der Waals surface area contributed by atoms with Gasteiger partial charge in [-0.25, -0.2) is 0 Å². The SMILES string of the molecule is O=C(O)CCNC(=O)c1ccc(C(CCC(F)(F)F)n2ncc3cc(-c4cc(Cl)cc(Cl)c4)ccc32)cc1. The number of hydrogen-bond donors (Lipinski definition) is 2. The van der Waals surface area contributed by atoms with E-state index in [1.165, 1.54) is 12.1 Å². The number of carbonyl (C=O) groups is 2. The van der Waals surface area contributed by atoms with Gasteiger partial charge in [0, 0.05) is 34.0 Å². The van der Waals surface area contributed by atoms with Gasteiger partial charge in [0.05, 0.1) is 24.2 Å². The van der Waals surface area contributed by atoms with Crippen molar-refractivity contribution >= 4 is 46.0 Å². The largest absolute Gasteiger partial charge is 0.481 e. The van der Waals surface area contributed by atoms with Crippen molar-refractivity contribution in [1.29, 1.82) is 0 Å². The van der Waals surface area contributed by atoms with Crippen LogP contribution >= 0.6 is 23.2 Å². The number of hydrogen-bond acceptors (Lipinski definition) is 3. The van der Waals surface area contributed by atoms with E-state index in [1.807, 2.05) is 12.1 Å². The Kier molecular flexibility index (Phi) is 8.28. The highest BCUT2D eigenvalue weighted by atomic mass is 35.5. The van der Waals surface area contributed by atoms with Crippen LogP contribution in [0.25, 0.3) is 22.0 Å². The smallest absolute Gasteiger partial charge is 0.389 e. The predicted octanol–water partition coefficient (Wildman–Crippen LogP) is 7.15. The Bertz CT molecular complexity index is 1450. The molecule has 1 amide bonds. The Morgan fingerprint density at radius 3 is 2.29 bits per heavy atom. The van der Waals surface area contributed by atoms with Crippen molar-refractivity contribution in [1.82, 2.24) is 15.1 Å². The zero-order valence-electron chi connectivity index (χ0n) is 19.8. The summed E-state index contributed by atoms with van der Waals surface area (Å²) >= 11 is 12.3. The van der Waals surface area contributed by atoms with Crippen LogP contribution < -0.4 is 5.32 Å². The van der Waals surface area contributed by atoms with Crippen molar-refractivity contribution in [2.24, 2.45) is 0 Å². The number of rotatable bonds is 9. The molecule has 0 fully saturated rings. The maximum absolute atomic E-state index is 13.2. The van der Waals surface area contributed by atoms with Gasteiger partial charge in [0.1, 0.15) is 0 Å². The highest BCUT2D eigenvalue weighted by molar-refractivity contribution is 6.35. The number of carbonyl (C=O) groups excluding carboxylic acids is 1. The number of amides is 1. The Balaban J connectivity index is 1.64. The van der Waals surface area contributed by atoms with E-state index in [2.05, 4.69) is 10.4 Å². The second-order valence-electron chi connectivity index (χ2n) is 8.71.